The van der Waals surface area contributed by atoms with Crippen LogP contribution in [0.2, 0.25) is 0 Å². The Morgan fingerprint density at radius 1 is 1.21 bits per heavy atom. The van der Waals surface area contributed by atoms with Gasteiger partial charge in [-0.3, -0.25) is 9.69 Å². The molecule has 5 heteroatoms. The van der Waals surface area contributed by atoms with Gasteiger partial charge in [0.1, 0.15) is 5.76 Å². The van der Waals surface area contributed by atoms with E-state index in [1.54, 1.807) is 12.3 Å². The number of aliphatic hydroxyl groups is 1. The number of piperidine rings is 1. The quantitative estimate of drug-likeness (QED) is 0.855. The predicted molar refractivity (Wildman–Crippen MR) is 91.4 cm³/mol. The number of aliphatic hydroxyl groups excluding tert-OH is 1. The molecule has 1 aliphatic rings. The number of furan rings is 1. The Balaban J connectivity index is 1.49. The Labute approximate surface area is 142 Å². The van der Waals surface area contributed by atoms with Crippen molar-refractivity contribution in [3.8, 4) is 0 Å². The summed E-state index contributed by atoms with van der Waals surface area (Å²) >= 11 is 0. The number of carbonyl (C=O) groups is 1. The summed E-state index contributed by atoms with van der Waals surface area (Å²) in [5.74, 6) is 1.11. The van der Waals surface area contributed by atoms with E-state index in [2.05, 4.69) is 10.2 Å². The fourth-order valence-electron chi connectivity index (χ4n) is 3.03. The van der Waals surface area contributed by atoms with Crippen LogP contribution in [0.25, 0.3) is 0 Å². The molecule has 1 aromatic carbocycles. The second kappa shape index (κ2) is 8.13. The Bertz CT molecular complexity index is 629. The van der Waals surface area contributed by atoms with Crippen LogP contribution < -0.4 is 5.32 Å². The number of rotatable bonds is 6. The van der Waals surface area contributed by atoms with Crippen molar-refractivity contribution in [2.45, 2.75) is 25.9 Å². The molecule has 128 valence electrons. The van der Waals surface area contributed by atoms with Crippen LogP contribution in [0.4, 0.5) is 0 Å². The van der Waals surface area contributed by atoms with Gasteiger partial charge in [0.25, 0.3) is 5.91 Å². The molecule has 0 atom stereocenters. The highest BCUT2D eigenvalue weighted by Gasteiger charge is 2.18. The molecule has 1 fully saturated rings. The van der Waals surface area contributed by atoms with Crippen LogP contribution in [0.3, 0.4) is 0 Å². The molecule has 1 aliphatic heterocycles. The second-order valence-corrected chi connectivity index (χ2v) is 6.36. The molecule has 1 aromatic heterocycles. The van der Waals surface area contributed by atoms with Crippen molar-refractivity contribution in [1.82, 2.24) is 10.2 Å². The fraction of sp³-hybridized carbons (Fsp3) is 0.421. The van der Waals surface area contributed by atoms with Crippen molar-refractivity contribution >= 4 is 5.91 Å². The molecule has 24 heavy (non-hydrogen) atoms. The average Bonchev–Trinajstić information content (AvgIpc) is 3.14. The van der Waals surface area contributed by atoms with Gasteiger partial charge in [-0.2, -0.15) is 0 Å². The lowest BCUT2D eigenvalue weighted by molar-refractivity contribution is 0.0948. The van der Waals surface area contributed by atoms with E-state index < -0.39 is 0 Å². The van der Waals surface area contributed by atoms with Gasteiger partial charge in [0.2, 0.25) is 0 Å². The monoisotopic (exact) mass is 328 g/mol. The molecule has 3 rings (SSSR count). The van der Waals surface area contributed by atoms with E-state index in [9.17, 15) is 9.90 Å². The molecule has 2 N–H and O–H groups in total. The fourth-order valence-corrected chi connectivity index (χ4v) is 3.03. The zero-order valence-electron chi connectivity index (χ0n) is 13.8. The third kappa shape index (κ3) is 4.46. The number of carbonyl (C=O) groups excluding carboxylic acids is 1. The van der Waals surface area contributed by atoms with E-state index in [0.29, 0.717) is 24.6 Å². The van der Waals surface area contributed by atoms with Gasteiger partial charge in [-0.1, -0.05) is 12.1 Å². The van der Waals surface area contributed by atoms with Crippen molar-refractivity contribution in [2.75, 3.05) is 19.7 Å². The highest BCUT2D eigenvalue weighted by Crippen LogP contribution is 2.18. The molecule has 1 amide bonds. The number of hydrogen-bond donors (Lipinski definition) is 2. The first-order valence-corrected chi connectivity index (χ1v) is 8.47. The van der Waals surface area contributed by atoms with E-state index >= 15 is 0 Å². The topological polar surface area (TPSA) is 65.7 Å². The first-order chi connectivity index (χ1) is 11.7. The number of likely N-dealkylation sites (tertiary alicyclic amines) is 1. The summed E-state index contributed by atoms with van der Waals surface area (Å²) in [5, 5.41) is 12.0. The van der Waals surface area contributed by atoms with Crippen molar-refractivity contribution in [3.05, 3.63) is 59.5 Å². The van der Waals surface area contributed by atoms with Gasteiger partial charge in [0, 0.05) is 18.7 Å². The van der Waals surface area contributed by atoms with Gasteiger partial charge >= 0.3 is 0 Å². The summed E-state index contributed by atoms with van der Waals surface area (Å²) in [6, 6.07) is 11.4. The molecule has 1 saturated heterocycles. The summed E-state index contributed by atoms with van der Waals surface area (Å²) in [4.78, 5) is 14.5. The summed E-state index contributed by atoms with van der Waals surface area (Å²) in [5.41, 5.74) is 1.87. The summed E-state index contributed by atoms with van der Waals surface area (Å²) < 4.78 is 5.20. The minimum atomic E-state index is -0.0956. The van der Waals surface area contributed by atoms with Crippen LogP contribution in [0.15, 0.2) is 47.1 Å². The third-order valence-corrected chi connectivity index (χ3v) is 4.59. The average molecular weight is 328 g/mol. The molecule has 0 saturated carbocycles. The Kier molecular flexibility index (Phi) is 5.67. The van der Waals surface area contributed by atoms with Crippen molar-refractivity contribution in [2.24, 2.45) is 5.92 Å². The molecular weight excluding hydrogens is 304 g/mol. The van der Waals surface area contributed by atoms with Crippen LogP contribution in [-0.4, -0.2) is 35.6 Å². The Hall–Kier alpha value is -2.11. The van der Waals surface area contributed by atoms with Gasteiger partial charge in [-0.05, 0) is 61.7 Å². The van der Waals surface area contributed by atoms with E-state index in [0.717, 1.165) is 38.2 Å². The van der Waals surface area contributed by atoms with Crippen LogP contribution in [0.5, 0.6) is 0 Å². The predicted octanol–water partition coefficient (Wildman–Crippen LogP) is 2.41. The lowest BCUT2D eigenvalue weighted by atomic mass is 9.97. The first kappa shape index (κ1) is 16.7. The van der Waals surface area contributed by atoms with Crippen molar-refractivity contribution in [3.63, 3.8) is 0 Å². The lowest BCUT2D eigenvalue weighted by Crippen LogP contribution is -2.34. The Morgan fingerprint density at radius 2 is 1.96 bits per heavy atom. The largest absolute Gasteiger partial charge is 0.467 e. The van der Waals surface area contributed by atoms with Gasteiger partial charge in [-0.25, -0.2) is 0 Å². The number of hydrogen-bond acceptors (Lipinski definition) is 4. The smallest absolute Gasteiger partial charge is 0.251 e. The molecule has 2 aromatic rings. The minimum absolute atomic E-state index is 0.0956. The van der Waals surface area contributed by atoms with E-state index in [-0.39, 0.29) is 5.91 Å². The van der Waals surface area contributed by atoms with Crippen molar-refractivity contribution < 1.29 is 14.3 Å². The van der Waals surface area contributed by atoms with Crippen LogP contribution >= 0.6 is 0 Å². The molecule has 0 aliphatic carbocycles. The van der Waals surface area contributed by atoms with Crippen LogP contribution in [-0.2, 0) is 13.1 Å². The zero-order chi connectivity index (χ0) is 16.8. The number of amides is 1. The van der Waals surface area contributed by atoms with Crippen LogP contribution in [0.1, 0.15) is 34.5 Å². The third-order valence-electron chi connectivity index (χ3n) is 4.59. The van der Waals surface area contributed by atoms with Gasteiger partial charge < -0.3 is 14.8 Å². The molecule has 0 spiro atoms. The normalized spacial score (nSPS) is 16.2. The van der Waals surface area contributed by atoms with Gasteiger partial charge in [0.05, 0.1) is 12.8 Å². The first-order valence-electron chi connectivity index (χ1n) is 8.47. The Morgan fingerprint density at radius 3 is 2.58 bits per heavy atom. The lowest BCUT2D eigenvalue weighted by Gasteiger charge is -2.31. The SMILES string of the molecule is O=C(NCc1ccco1)c1ccc(CN2CCC(CO)CC2)cc1. The van der Waals surface area contributed by atoms with E-state index in [1.165, 1.54) is 5.56 Å². The zero-order valence-corrected chi connectivity index (χ0v) is 13.8. The molecule has 2 heterocycles. The summed E-state index contributed by atoms with van der Waals surface area (Å²) in [6.45, 7) is 3.64. The minimum Gasteiger partial charge on any atom is -0.467 e. The van der Waals surface area contributed by atoms with Gasteiger partial charge in [-0.15, -0.1) is 0 Å². The number of nitrogens with zero attached hydrogens (tertiary/aromatic N) is 1. The molecule has 0 radical (unpaired) electrons. The molecule has 0 bridgehead atoms. The molecule has 5 nitrogen and oxygen atoms in total. The highest BCUT2D eigenvalue weighted by molar-refractivity contribution is 5.94. The van der Waals surface area contributed by atoms with Gasteiger partial charge in [0.15, 0.2) is 0 Å². The number of benzene rings is 1. The maximum Gasteiger partial charge on any atom is 0.251 e. The van der Waals surface area contributed by atoms with E-state index in [4.69, 9.17) is 4.42 Å². The molecular formula is C19H24N2O3. The standard InChI is InChI=1S/C19H24N2O3/c22-14-16-7-9-21(10-8-16)13-15-3-5-17(6-4-15)19(23)20-12-18-2-1-11-24-18/h1-6,11,16,22H,7-10,12-14H2,(H,20,23). The summed E-state index contributed by atoms with van der Waals surface area (Å²) in [7, 11) is 0. The highest BCUT2D eigenvalue weighted by atomic mass is 16.3. The maximum atomic E-state index is 12.1. The second-order valence-electron chi connectivity index (χ2n) is 6.36. The molecule has 0 unspecified atom stereocenters. The maximum absolute atomic E-state index is 12.1. The number of nitrogens with one attached hydrogen (secondary N) is 1. The van der Waals surface area contributed by atoms with Crippen molar-refractivity contribution in [1.29, 1.82) is 0 Å². The van der Waals surface area contributed by atoms with Crippen LogP contribution in [0, 0.1) is 5.92 Å². The van der Waals surface area contributed by atoms with E-state index in [1.807, 2.05) is 30.3 Å². The summed E-state index contributed by atoms with van der Waals surface area (Å²) in [6.07, 6.45) is 3.72.